The van der Waals surface area contributed by atoms with E-state index in [1.807, 2.05) is 30.3 Å². The largest absolute Gasteiger partial charge is 0.334 e. The molecule has 0 saturated carbocycles. The molecule has 0 unspecified atom stereocenters. The van der Waals surface area contributed by atoms with Crippen molar-refractivity contribution in [2.45, 2.75) is 10.9 Å². The maximum atomic E-state index is 12.2. The van der Waals surface area contributed by atoms with Gasteiger partial charge in [-0.1, -0.05) is 53.7 Å². The predicted octanol–water partition coefficient (Wildman–Crippen LogP) is 3.06. The van der Waals surface area contributed by atoms with Crippen molar-refractivity contribution in [3.05, 3.63) is 69.5 Å². The minimum atomic E-state index is -0.248. The van der Waals surface area contributed by atoms with E-state index in [9.17, 15) is 4.79 Å². The van der Waals surface area contributed by atoms with Crippen molar-refractivity contribution in [1.82, 2.24) is 9.66 Å². The zero-order valence-electron chi connectivity index (χ0n) is 11.0. The fraction of sp³-hybridized carbons (Fsp3) is 0.0667. The maximum Gasteiger partial charge on any atom is 0.280 e. The first kappa shape index (κ1) is 14.0. The summed E-state index contributed by atoms with van der Waals surface area (Å²) >= 11 is 7.51. The average molecular weight is 318 g/mol. The lowest BCUT2D eigenvalue weighted by molar-refractivity contribution is 0.779. The van der Waals surface area contributed by atoms with Crippen LogP contribution in [0.25, 0.3) is 10.9 Å². The normalized spacial score (nSPS) is 10.9. The molecule has 0 atom stereocenters. The number of nitrogens with two attached hydrogens (primary N) is 1. The van der Waals surface area contributed by atoms with Gasteiger partial charge in [-0.3, -0.25) is 4.79 Å². The molecule has 3 aromatic rings. The molecule has 0 aliphatic heterocycles. The summed E-state index contributed by atoms with van der Waals surface area (Å²) in [5, 5.41) is 1.68. The number of halogens is 1. The minimum Gasteiger partial charge on any atom is -0.334 e. The highest BCUT2D eigenvalue weighted by molar-refractivity contribution is 7.98. The Kier molecular flexibility index (Phi) is 3.86. The minimum absolute atomic E-state index is 0.248. The van der Waals surface area contributed by atoms with Gasteiger partial charge >= 0.3 is 0 Å². The molecule has 1 aromatic heterocycles. The maximum absolute atomic E-state index is 12.2. The fourth-order valence-corrected chi connectivity index (χ4v) is 3.19. The van der Waals surface area contributed by atoms with Crippen molar-refractivity contribution in [2.75, 3.05) is 5.84 Å². The fourth-order valence-electron chi connectivity index (χ4n) is 1.99. The number of rotatable bonds is 3. The molecule has 6 heteroatoms. The van der Waals surface area contributed by atoms with Crippen molar-refractivity contribution in [3.8, 4) is 0 Å². The molecule has 106 valence electrons. The Morgan fingerprint density at radius 3 is 2.67 bits per heavy atom. The van der Waals surface area contributed by atoms with Crippen LogP contribution in [-0.2, 0) is 5.75 Å². The first-order valence-electron chi connectivity index (χ1n) is 6.30. The van der Waals surface area contributed by atoms with E-state index in [1.165, 1.54) is 11.8 Å². The van der Waals surface area contributed by atoms with Gasteiger partial charge in [0.15, 0.2) is 5.16 Å². The number of aromatic nitrogens is 2. The molecule has 3 rings (SSSR count). The molecule has 0 radical (unpaired) electrons. The highest BCUT2D eigenvalue weighted by Crippen LogP contribution is 2.25. The SMILES string of the molecule is Nn1c(SCc2ccccc2Cl)nc2ccccc2c1=O. The third-order valence-electron chi connectivity index (χ3n) is 3.09. The quantitative estimate of drug-likeness (QED) is 0.458. The summed E-state index contributed by atoms with van der Waals surface area (Å²) in [6, 6.07) is 14.7. The van der Waals surface area contributed by atoms with Crippen LogP contribution in [0, 0.1) is 0 Å². The summed E-state index contributed by atoms with van der Waals surface area (Å²) in [5.41, 5.74) is 1.37. The molecular weight excluding hydrogens is 306 g/mol. The second-order valence-electron chi connectivity index (χ2n) is 4.47. The van der Waals surface area contributed by atoms with Crippen molar-refractivity contribution in [1.29, 1.82) is 0 Å². The summed E-state index contributed by atoms with van der Waals surface area (Å²) in [5.74, 6) is 6.44. The molecular formula is C15H12ClN3OS. The van der Waals surface area contributed by atoms with Crippen molar-refractivity contribution in [2.24, 2.45) is 0 Å². The van der Waals surface area contributed by atoms with Gasteiger partial charge in [-0.2, -0.15) is 0 Å². The Hall–Kier alpha value is -1.98. The molecule has 21 heavy (non-hydrogen) atoms. The van der Waals surface area contributed by atoms with Gasteiger partial charge in [0.2, 0.25) is 0 Å². The lowest BCUT2D eigenvalue weighted by Gasteiger charge is -2.08. The molecule has 0 aliphatic carbocycles. The predicted molar refractivity (Wildman–Crippen MR) is 87.2 cm³/mol. The number of nitrogens with zero attached hydrogens (tertiary/aromatic N) is 2. The molecule has 2 aromatic carbocycles. The number of nitrogen functional groups attached to an aromatic ring is 1. The van der Waals surface area contributed by atoms with Crippen molar-refractivity contribution in [3.63, 3.8) is 0 Å². The van der Waals surface area contributed by atoms with Crippen LogP contribution < -0.4 is 11.4 Å². The Morgan fingerprint density at radius 2 is 1.86 bits per heavy atom. The van der Waals surface area contributed by atoms with Gasteiger partial charge in [0.1, 0.15) is 0 Å². The molecule has 4 nitrogen and oxygen atoms in total. The van der Waals surface area contributed by atoms with Gasteiger partial charge in [0, 0.05) is 10.8 Å². The molecule has 1 heterocycles. The van der Waals surface area contributed by atoms with E-state index in [0.717, 1.165) is 10.2 Å². The third kappa shape index (κ3) is 2.75. The molecule has 0 fully saturated rings. The number of hydrogen-bond donors (Lipinski definition) is 1. The Labute approximate surface area is 130 Å². The lowest BCUT2D eigenvalue weighted by atomic mass is 10.2. The standard InChI is InChI=1S/C15H12ClN3OS/c16-12-7-3-1-5-10(12)9-21-15-18-13-8-4-2-6-11(13)14(20)19(15)17/h1-8H,9,17H2. The van der Waals surface area contributed by atoms with Gasteiger partial charge < -0.3 is 5.84 Å². The van der Waals surface area contributed by atoms with E-state index in [4.69, 9.17) is 17.4 Å². The molecule has 0 amide bonds. The zero-order chi connectivity index (χ0) is 14.8. The number of thioether (sulfide) groups is 1. The van der Waals surface area contributed by atoms with Gasteiger partial charge in [-0.05, 0) is 23.8 Å². The first-order chi connectivity index (χ1) is 10.2. The monoisotopic (exact) mass is 317 g/mol. The Bertz CT molecular complexity index is 863. The molecule has 0 bridgehead atoms. The van der Waals surface area contributed by atoms with Gasteiger partial charge in [0.25, 0.3) is 5.56 Å². The van der Waals surface area contributed by atoms with Crippen LogP contribution in [0.15, 0.2) is 58.5 Å². The van der Waals surface area contributed by atoms with Gasteiger partial charge in [-0.15, -0.1) is 0 Å². The summed E-state index contributed by atoms with van der Waals surface area (Å²) in [7, 11) is 0. The second-order valence-corrected chi connectivity index (χ2v) is 5.82. The number of benzene rings is 2. The summed E-state index contributed by atoms with van der Waals surface area (Å²) in [6.45, 7) is 0. The zero-order valence-corrected chi connectivity index (χ0v) is 12.6. The van der Waals surface area contributed by atoms with Gasteiger partial charge in [-0.25, -0.2) is 9.66 Å². The van der Waals surface area contributed by atoms with Crippen LogP contribution in [0.4, 0.5) is 0 Å². The summed E-state index contributed by atoms with van der Waals surface area (Å²) < 4.78 is 1.09. The average Bonchev–Trinajstić information content (AvgIpc) is 2.51. The number of hydrogen-bond acceptors (Lipinski definition) is 4. The molecule has 0 spiro atoms. The molecule has 2 N–H and O–H groups in total. The topological polar surface area (TPSA) is 60.9 Å². The highest BCUT2D eigenvalue weighted by Gasteiger charge is 2.10. The summed E-state index contributed by atoms with van der Waals surface area (Å²) in [4.78, 5) is 16.6. The van der Waals surface area contributed by atoms with E-state index in [2.05, 4.69) is 4.98 Å². The Balaban J connectivity index is 1.96. The van der Waals surface area contributed by atoms with Crippen LogP contribution in [-0.4, -0.2) is 9.66 Å². The van der Waals surface area contributed by atoms with Crippen molar-refractivity contribution >= 4 is 34.3 Å². The van der Waals surface area contributed by atoms with E-state index >= 15 is 0 Å². The molecule has 0 aliphatic rings. The van der Waals surface area contributed by atoms with Crippen LogP contribution in [0.3, 0.4) is 0 Å². The molecule has 0 saturated heterocycles. The van der Waals surface area contributed by atoms with E-state index in [1.54, 1.807) is 18.2 Å². The second kappa shape index (κ2) is 5.79. The van der Waals surface area contributed by atoms with E-state index in [0.29, 0.717) is 26.8 Å². The van der Waals surface area contributed by atoms with Crippen LogP contribution in [0.1, 0.15) is 5.56 Å². The number of para-hydroxylation sites is 1. The highest BCUT2D eigenvalue weighted by atomic mass is 35.5. The lowest BCUT2D eigenvalue weighted by Crippen LogP contribution is -2.29. The van der Waals surface area contributed by atoms with E-state index in [-0.39, 0.29) is 5.56 Å². The van der Waals surface area contributed by atoms with Crippen LogP contribution in [0.5, 0.6) is 0 Å². The summed E-state index contributed by atoms with van der Waals surface area (Å²) in [6.07, 6.45) is 0. The van der Waals surface area contributed by atoms with Crippen LogP contribution >= 0.6 is 23.4 Å². The smallest absolute Gasteiger partial charge is 0.280 e. The van der Waals surface area contributed by atoms with Crippen LogP contribution in [0.2, 0.25) is 5.02 Å². The number of fused-ring (bicyclic) bond motifs is 1. The van der Waals surface area contributed by atoms with E-state index < -0.39 is 0 Å². The first-order valence-corrected chi connectivity index (χ1v) is 7.66. The third-order valence-corrected chi connectivity index (χ3v) is 4.46. The van der Waals surface area contributed by atoms with Gasteiger partial charge in [0.05, 0.1) is 10.9 Å². The van der Waals surface area contributed by atoms with Crippen molar-refractivity contribution < 1.29 is 0 Å². The Morgan fingerprint density at radius 1 is 1.14 bits per heavy atom.